The van der Waals surface area contributed by atoms with Crippen LogP contribution in [0.5, 0.6) is 0 Å². The van der Waals surface area contributed by atoms with Crippen LogP contribution in [0.3, 0.4) is 0 Å². The quantitative estimate of drug-likeness (QED) is 0.121. The van der Waals surface area contributed by atoms with Crippen molar-refractivity contribution in [2.24, 2.45) is 11.8 Å². The topological polar surface area (TPSA) is 40.6 Å². The molecule has 6 atom stereocenters. The standard InChI is InChI=1S/C38H48N2O2S.H7P5/c1-7-11-13-27(9-3)23-39-32-21-25(5)15-18-30(32)35(37(39)41)36-31-19-17-29(34-20-16-26(6)43-34)22-33(31)40(38(36)42)24-28(10-4)14-12-8-2;1-4-5(2)3/h15-22,27-28H,7-14,23-24H2,1-6H3;4H,1-3H2/b36-35+;. The highest BCUT2D eigenvalue weighted by molar-refractivity contribution is 8.77. The van der Waals surface area contributed by atoms with Crippen molar-refractivity contribution in [3.63, 3.8) is 0 Å². The third kappa shape index (κ3) is 9.44. The lowest BCUT2D eigenvalue weighted by Crippen LogP contribution is -2.34. The van der Waals surface area contributed by atoms with Gasteiger partial charge in [0.25, 0.3) is 11.8 Å². The lowest BCUT2D eigenvalue weighted by molar-refractivity contribution is -0.114. The Balaban J connectivity index is 0.000000968. The normalized spacial score (nSPS) is 17.0. The Morgan fingerprint density at radius 2 is 1.25 bits per heavy atom. The average molecular weight is 759 g/mol. The number of amides is 2. The molecule has 0 fully saturated rings. The van der Waals surface area contributed by atoms with Crippen LogP contribution in [0.25, 0.3) is 21.6 Å². The number of hydrogen-bond acceptors (Lipinski definition) is 3. The van der Waals surface area contributed by atoms with E-state index in [9.17, 15) is 9.59 Å². The number of nitrogens with zero attached hydrogens (tertiary/aromatic N) is 2. The molecule has 0 saturated heterocycles. The molecule has 2 aliphatic heterocycles. The zero-order chi connectivity index (χ0) is 35.0. The van der Waals surface area contributed by atoms with Crippen LogP contribution in [-0.2, 0) is 9.59 Å². The fourth-order valence-corrected chi connectivity index (χ4v) is 7.57. The molecule has 0 radical (unpaired) electrons. The summed E-state index contributed by atoms with van der Waals surface area (Å²) in [5, 5.41) is 0. The van der Waals surface area contributed by atoms with Gasteiger partial charge in [-0.25, -0.2) is 0 Å². The van der Waals surface area contributed by atoms with Crippen molar-refractivity contribution in [3.05, 3.63) is 70.1 Å². The smallest absolute Gasteiger partial charge is 0.259 e. The lowest BCUT2D eigenvalue weighted by atomic mass is 9.95. The van der Waals surface area contributed by atoms with Gasteiger partial charge < -0.3 is 9.80 Å². The molecule has 10 heteroatoms. The van der Waals surface area contributed by atoms with Crippen LogP contribution >= 0.6 is 53.1 Å². The zero-order valence-electron chi connectivity index (χ0n) is 29.6. The van der Waals surface area contributed by atoms with Crippen molar-refractivity contribution in [2.45, 2.75) is 92.9 Å². The minimum atomic E-state index is -0.0285. The Morgan fingerprint density at radius 1 is 0.750 bits per heavy atom. The van der Waals surface area contributed by atoms with Gasteiger partial charge in [0, 0.05) is 34.0 Å². The van der Waals surface area contributed by atoms with Crippen LogP contribution in [0.2, 0.25) is 0 Å². The first-order valence-corrected chi connectivity index (χ1v) is 26.6. The summed E-state index contributed by atoms with van der Waals surface area (Å²) in [5.41, 5.74) is 7.09. The van der Waals surface area contributed by atoms with Crippen molar-refractivity contribution in [3.8, 4) is 10.4 Å². The second-order valence-electron chi connectivity index (χ2n) is 13.1. The van der Waals surface area contributed by atoms with E-state index < -0.39 is 0 Å². The van der Waals surface area contributed by atoms with E-state index >= 15 is 0 Å². The van der Waals surface area contributed by atoms with Gasteiger partial charge in [-0.15, -0.1) is 38.1 Å². The molecule has 2 aromatic carbocycles. The van der Waals surface area contributed by atoms with E-state index in [0.717, 1.165) is 86.5 Å². The maximum Gasteiger partial charge on any atom is 0.259 e. The minimum Gasteiger partial charge on any atom is -0.307 e. The molecule has 5 rings (SSSR count). The number of unbranched alkanes of at least 4 members (excludes halogenated alkanes) is 2. The van der Waals surface area contributed by atoms with E-state index in [2.05, 4.69) is 117 Å². The first-order chi connectivity index (χ1) is 23.1. The highest BCUT2D eigenvalue weighted by atomic mass is 32.8. The van der Waals surface area contributed by atoms with Gasteiger partial charge in [0.2, 0.25) is 0 Å². The van der Waals surface area contributed by atoms with Gasteiger partial charge in [-0.3, -0.25) is 9.59 Å². The number of benzene rings is 2. The Bertz CT molecular complexity index is 1600. The van der Waals surface area contributed by atoms with Gasteiger partial charge in [-0.05, 0) is 80.9 Å². The van der Waals surface area contributed by atoms with Gasteiger partial charge in [0.1, 0.15) is 0 Å². The van der Waals surface area contributed by atoms with E-state index in [1.165, 1.54) is 16.2 Å². The number of aryl methyl sites for hydroxylation is 2. The molecule has 2 amide bonds. The van der Waals surface area contributed by atoms with Crippen molar-refractivity contribution in [2.75, 3.05) is 22.9 Å². The van der Waals surface area contributed by atoms with Crippen LogP contribution < -0.4 is 9.80 Å². The maximum absolute atomic E-state index is 14.6. The molecule has 48 heavy (non-hydrogen) atoms. The lowest BCUT2D eigenvalue weighted by Gasteiger charge is -2.24. The fraction of sp³-hybridized carbons (Fsp3) is 0.474. The average Bonchev–Trinajstić information content (AvgIpc) is 3.71. The van der Waals surface area contributed by atoms with Crippen molar-refractivity contribution in [1.29, 1.82) is 0 Å². The maximum atomic E-state index is 14.6. The van der Waals surface area contributed by atoms with Crippen LogP contribution in [0.4, 0.5) is 11.4 Å². The van der Waals surface area contributed by atoms with Gasteiger partial charge in [0.15, 0.2) is 0 Å². The molecule has 260 valence electrons. The number of carbonyl (C=O) groups excluding carboxylic acids is 2. The van der Waals surface area contributed by atoms with Crippen molar-refractivity contribution in [1.82, 2.24) is 0 Å². The van der Waals surface area contributed by atoms with Gasteiger partial charge in [-0.1, -0.05) is 98.4 Å². The summed E-state index contributed by atoms with van der Waals surface area (Å²) in [4.78, 5) is 35.5. The molecule has 3 heterocycles. The fourth-order valence-electron chi connectivity index (χ4n) is 6.70. The van der Waals surface area contributed by atoms with E-state index in [0.29, 0.717) is 36.1 Å². The molecule has 3 aromatic rings. The number of thiophene rings is 1. The van der Waals surface area contributed by atoms with Gasteiger partial charge >= 0.3 is 0 Å². The molecule has 1 aromatic heterocycles. The summed E-state index contributed by atoms with van der Waals surface area (Å²) in [6, 6.07) is 17.0. The first-order valence-electron chi connectivity index (χ1n) is 17.5. The third-order valence-electron chi connectivity index (χ3n) is 9.58. The minimum absolute atomic E-state index is 0.0253. The number of anilines is 2. The summed E-state index contributed by atoms with van der Waals surface area (Å²) >= 11 is 1.77. The van der Waals surface area contributed by atoms with Crippen LogP contribution in [0, 0.1) is 25.7 Å². The summed E-state index contributed by atoms with van der Waals surface area (Å²) in [6.45, 7) is 14.7. The third-order valence-corrected chi connectivity index (χ3v) is 22.6. The van der Waals surface area contributed by atoms with E-state index in [-0.39, 0.29) is 18.8 Å². The summed E-state index contributed by atoms with van der Waals surface area (Å²) in [6.07, 6.45) is 8.91. The Morgan fingerprint density at radius 3 is 1.69 bits per heavy atom. The number of rotatable bonds is 14. The molecule has 0 spiro atoms. The molecule has 0 saturated carbocycles. The predicted octanol–water partition coefficient (Wildman–Crippen LogP) is 12.5. The van der Waals surface area contributed by atoms with Crippen molar-refractivity contribution >= 4 is 87.4 Å². The molecule has 0 N–H and O–H groups in total. The zero-order valence-corrected chi connectivity index (χ0v) is 35.8. The highest BCUT2D eigenvalue weighted by Gasteiger charge is 2.43. The van der Waals surface area contributed by atoms with E-state index in [1.807, 2.05) is 9.80 Å². The second-order valence-corrected chi connectivity index (χ2v) is 28.3. The summed E-state index contributed by atoms with van der Waals surface area (Å²) in [7, 11) is 9.24. The summed E-state index contributed by atoms with van der Waals surface area (Å²) < 4.78 is 0. The predicted molar refractivity (Wildman–Crippen MR) is 228 cm³/mol. The molecule has 6 unspecified atom stereocenters. The summed E-state index contributed by atoms with van der Waals surface area (Å²) in [5.74, 6) is 0.801. The molecule has 4 nitrogen and oxygen atoms in total. The highest BCUT2D eigenvalue weighted by Crippen LogP contribution is 2.71. The Hall–Kier alpha value is -1.03. The number of carbonyl (C=O) groups is 2. The van der Waals surface area contributed by atoms with Gasteiger partial charge in [0.05, 0.1) is 22.5 Å². The van der Waals surface area contributed by atoms with Crippen LogP contribution in [0.15, 0.2) is 48.5 Å². The monoisotopic (exact) mass is 758 g/mol. The molecule has 0 bridgehead atoms. The Labute approximate surface area is 303 Å². The molecular formula is C38H55N2O2P5S. The van der Waals surface area contributed by atoms with E-state index in [1.54, 1.807) is 11.3 Å². The SMILES string of the molecule is CCCCC(CC)CN1C(=O)/C(=C2/C(=O)N(CC(CC)CCCC)c3cc(-c4ccc(C)s4)ccc32)c2ccc(C)cc21.PPP(P)P. The number of hydrogen-bond donors (Lipinski definition) is 0. The molecule has 0 aliphatic carbocycles. The number of fused-ring (bicyclic) bond motifs is 2. The second kappa shape index (κ2) is 19.0. The van der Waals surface area contributed by atoms with Crippen LogP contribution in [-0.4, -0.2) is 24.9 Å². The first kappa shape index (κ1) is 39.8. The van der Waals surface area contributed by atoms with Crippen LogP contribution in [0.1, 0.15) is 101 Å². The largest absolute Gasteiger partial charge is 0.307 e. The van der Waals surface area contributed by atoms with Crippen molar-refractivity contribution < 1.29 is 9.59 Å². The van der Waals surface area contributed by atoms with Gasteiger partial charge in [-0.2, -0.15) is 0 Å². The van der Waals surface area contributed by atoms with E-state index in [4.69, 9.17) is 0 Å². The molecular weight excluding hydrogens is 703 g/mol. The Kier molecular flexibility index (Phi) is 15.7. The molecule has 2 aliphatic rings.